The van der Waals surface area contributed by atoms with Crippen LogP contribution in [0.3, 0.4) is 0 Å². The minimum Gasteiger partial charge on any atom is -1.00 e. The zero-order valence-corrected chi connectivity index (χ0v) is 19.8. The SMILES string of the molecule is COC(=O)c1cc2c3ccccc3[nH]c2c2c(-c3ccc(C)cc3)n(-c3ccc(F)cc3)c[n+]12.[Cl-]. The van der Waals surface area contributed by atoms with Gasteiger partial charge in [-0.15, -0.1) is 0 Å². The Morgan fingerprint density at radius 1 is 0.971 bits per heavy atom. The van der Waals surface area contributed by atoms with Crippen LogP contribution in [0.5, 0.6) is 0 Å². The van der Waals surface area contributed by atoms with Gasteiger partial charge in [-0.05, 0) is 37.3 Å². The number of benzene rings is 3. The number of aryl methyl sites for hydroxylation is 1. The van der Waals surface area contributed by atoms with E-state index in [2.05, 4.69) is 29.2 Å². The van der Waals surface area contributed by atoms with Crippen molar-refractivity contribution in [1.82, 2.24) is 9.55 Å². The first-order valence-electron chi connectivity index (χ1n) is 11.0. The van der Waals surface area contributed by atoms with E-state index in [-0.39, 0.29) is 18.2 Å². The van der Waals surface area contributed by atoms with Crippen molar-refractivity contribution < 1.29 is 30.7 Å². The second-order valence-electron chi connectivity index (χ2n) is 8.38. The number of hydrogen-bond donors (Lipinski definition) is 1. The summed E-state index contributed by atoms with van der Waals surface area (Å²) < 4.78 is 22.7. The van der Waals surface area contributed by atoms with E-state index in [1.165, 1.54) is 19.2 Å². The van der Waals surface area contributed by atoms with E-state index in [4.69, 9.17) is 4.74 Å². The molecule has 3 aromatic carbocycles. The second-order valence-corrected chi connectivity index (χ2v) is 8.38. The fraction of sp³-hybridized carbons (Fsp3) is 0.0714. The molecule has 3 heterocycles. The lowest BCUT2D eigenvalue weighted by Crippen LogP contribution is -3.00. The predicted octanol–water partition coefficient (Wildman–Crippen LogP) is 2.76. The maximum atomic E-state index is 13.7. The molecule has 35 heavy (non-hydrogen) atoms. The third-order valence-corrected chi connectivity index (χ3v) is 6.29. The standard InChI is InChI=1S/C28H20FN3O2.ClH/c1-17-7-9-18(10-8-17)26-27-25-22(21-5-3-4-6-23(21)30-25)15-24(28(33)34-2)32(27)16-31(26)20-13-11-19(29)12-14-20;/h3-16H,1-2H3;1H. The number of hydrogen-bond acceptors (Lipinski definition) is 2. The largest absolute Gasteiger partial charge is 1.00 e. The van der Waals surface area contributed by atoms with Gasteiger partial charge in [-0.3, -0.25) is 0 Å². The summed E-state index contributed by atoms with van der Waals surface area (Å²) in [6, 6.07) is 24.4. The smallest absolute Gasteiger partial charge is 0.378 e. The number of H-pyrrole nitrogens is 1. The molecule has 7 heteroatoms. The highest BCUT2D eigenvalue weighted by Gasteiger charge is 2.29. The molecule has 0 aliphatic rings. The van der Waals surface area contributed by atoms with E-state index >= 15 is 0 Å². The van der Waals surface area contributed by atoms with Gasteiger partial charge < -0.3 is 22.1 Å². The Hall–Kier alpha value is -4.16. The van der Waals surface area contributed by atoms with Crippen LogP contribution >= 0.6 is 0 Å². The number of aromatic nitrogens is 3. The summed E-state index contributed by atoms with van der Waals surface area (Å²) in [7, 11) is 1.38. The van der Waals surface area contributed by atoms with Crippen molar-refractivity contribution in [3.8, 4) is 16.9 Å². The number of nitrogens with one attached hydrogen (secondary N) is 1. The van der Waals surface area contributed by atoms with Crippen LogP contribution < -0.4 is 16.8 Å². The highest BCUT2D eigenvalue weighted by Crippen LogP contribution is 2.34. The fourth-order valence-corrected chi connectivity index (χ4v) is 4.63. The summed E-state index contributed by atoms with van der Waals surface area (Å²) in [4.78, 5) is 16.5. The van der Waals surface area contributed by atoms with Gasteiger partial charge in [0.25, 0.3) is 6.33 Å². The summed E-state index contributed by atoms with van der Waals surface area (Å²) in [6.07, 6.45) is 1.86. The third-order valence-electron chi connectivity index (χ3n) is 6.29. The predicted molar refractivity (Wildman–Crippen MR) is 130 cm³/mol. The molecule has 0 amide bonds. The van der Waals surface area contributed by atoms with E-state index in [9.17, 15) is 9.18 Å². The van der Waals surface area contributed by atoms with Crippen LogP contribution in [0.25, 0.3) is 44.3 Å². The number of aromatic amines is 1. The number of pyridine rings is 1. The first kappa shape index (κ1) is 22.6. The Labute approximate surface area is 206 Å². The first-order valence-corrected chi connectivity index (χ1v) is 11.0. The number of halogens is 2. The van der Waals surface area contributed by atoms with Crippen molar-refractivity contribution in [2.45, 2.75) is 6.92 Å². The van der Waals surface area contributed by atoms with E-state index in [0.29, 0.717) is 5.69 Å². The Morgan fingerprint density at radius 2 is 1.69 bits per heavy atom. The number of fused-ring (bicyclic) bond motifs is 5. The topological polar surface area (TPSA) is 51.1 Å². The van der Waals surface area contributed by atoms with E-state index < -0.39 is 5.97 Å². The summed E-state index contributed by atoms with van der Waals surface area (Å²) in [5.74, 6) is -0.743. The molecule has 0 radical (unpaired) electrons. The van der Waals surface area contributed by atoms with Crippen LogP contribution in [-0.2, 0) is 4.74 Å². The second kappa shape index (κ2) is 8.56. The molecule has 0 saturated heterocycles. The fourth-order valence-electron chi connectivity index (χ4n) is 4.63. The molecule has 6 rings (SSSR count). The molecular weight excluding hydrogens is 465 g/mol. The number of carbonyl (C=O) groups excluding carboxylic acids is 1. The van der Waals surface area contributed by atoms with Gasteiger partial charge in [0.05, 0.1) is 12.6 Å². The van der Waals surface area contributed by atoms with Crippen molar-refractivity contribution in [2.24, 2.45) is 0 Å². The average molecular weight is 486 g/mol. The van der Waals surface area contributed by atoms with Crippen molar-refractivity contribution >= 4 is 33.3 Å². The molecule has 1 N–H and O–H groups in total. The highest BCUT2D eigenvalue weighted by atomic mass is 35.5. The summed E-state index contributed by atoms with van der Waals surface area (Å²) in [5.41, 5.74) is 6.91. The summed E-state index contributed by atoms with van der Waals surface area (Å²) in [6.45, 7) is 2.04. The molecule has 6 aromatic rings. The Bertz CT molecular complexity index is 1720. The Balaban J connectivity index is 0.00000253. The molecule has 174 valence electrons. The van der Waals surface area contributed by atoms with Gasteiger partial charge in [-0.1, -0.05) is 48.0 Å². The maximum absolute atomic E-state index is 13.7. The van der Waals surface area contributed by atoms with Crippen LogP contribution in [0, 0.1) is 12.7 Å². The van der Waals surface area contributed by atoms with Gasteiger partial charge in [0, 0.05) is 27.9 Å². The van der Waals surface area contributed by atoms with E-state index in [0.717, 1.165) is 49.8 Å². The Kier molecular flexibility index (Phi) is 5.53. The van der Waals surface area contributed by atoms with Crippen molar-refractivity contribution in [3.05, 3.63) is 102 Å². The highest BCUT2D eigenvalue weighted by molar-refractivity contribution is 6.14. The van der Waals surface area contributed by atoms with Crippen molar-refractivity contribution in [3.63, 3.8) is 0 Å². The molecule has 0 atom stereocenters. The quantitative estimate of drug-likeness (QED) is 0.309. The molecule has 0 unspecified atom stereocenters. The first-order chi connectivity index (χ1) is 16.5. The molecule has 0 bridgehead atoms. The van der Waals surface area contributed by atoms with Crippen LogP contribution in [0.15, 0.2) is 85.2 Å². The lowest BCUT2D eigenvalue weighted by Gasteiger charge is -2.04. The number of imidazole rings is 1. The van der Waals surface area contributed by atoms with Gasteiger partial charge in [0.15, 0.2) is 5.69 Å². The van der Waals surface area contributed by atoms with Crippen molar-refractivity contribution in [2.75, 3.05) is 7.11 Å². The lowest BCUT2D eigenvalue weighted by molar-refractivity contribution is -0.514. The summed E-state index contributed by atoms with van der Waals surface area (Å²) in [5, 5.41) is 1.95. The van der Waals surface area contributed by atoms with Gasteiger partial charge in [-0.25, -0.2) is 9.18 Å². The monoisotopic (exact) mass is 485 g/mol. The number of ether oxygens (including phenoxy) is 1. The van der Waals surface area contributed by atoms with Gasteiger partial charge in [0.1, 0.15) is 11.5 Å². The number of esters is 1. The number of para-hydroxylation sites is 1. The van der Waals surface area contributed by atoms with Gasteiger partial charge in [-0.2, -0.15) is 8.97 Å². The molecule has 3 aromatic heterocycles. The summed E-state index contributed by atoms with van der Waals surface area (Å²) >= 11 is 0. The number of carbonyl (C=O) groups is 1. The molecule has 0 aliphatic carbocycles. The van der Waals surface area contributed by atoms with E-state index in [1.807, 2.05) is 52.6 Å². The number of methoxy groups -OCH3 is 1. The molecule has 0 saturated carbocycles. The van der Waals surface area contributed by atoms with Crippen LogP contribution in [0.2, 0.25) is 0 Å². The lowest BCUT2D eigenvalue weighted by atomic mass is 10.1. The van der Waals surface area contributed by atoms with Gasteiger partial charge in [0.2, 0.25) is 11.2 Å². The van der Waals surface area contributed by atoms with Crippen LogP contribution in [-0.4, -0.2) is 22.6 Å². The van der Waals surface area contributed by atoms with Crippen molar-refractivity contribution in [1.29, 1.82) is 0 Å². The van der Waals surface area contributed by atoms with Crippen LogP contribution in [0.4, 0.5) is 4.39 Å². The zero-order chi connectivity index (χ0) is 23.4. The van der Waals surface area contributed by atoms with E-state index in [1.54, 1.807) is 12.1 Å². The molecule has 0 fully saturated rings. The number of nitrogens with zero attached hydrogens (tertiary/aromatic N) is 2. The molecule has 5 nitrogen and oxygen atoms in total. The normalized spacial score (nSPS) is 11.2. The van der Waals surface area contributed by atoms with Gasteiger partial charge >= 0.3 is 5.97 Å². The maximum Gasteiger partial charge on any atom is 0.378 e. The molecule has 0 spiro atoms. The molecular formula is C28H21ClFN3O2. The minimum atomic E-state index is -0.436. The number of rotatable bonds is 3. The van der Waals surface area contributed by atoms with Crippen LogP contribution in [0.1, 0.15) is 16.1 Å². The third kappa shape index (κ3) is 3.54. The molecule has 0 aliphatic heterocycles. The average Bonchev–Trinajstić information content (AvgIpc) is 3.43. The Morgan fingerprint density at radius 3 is 2.40 bits per heavy atom. The zero-order valence-electron chi connectivity index (χ0n) is 19.0. The minimum absolute atomic E-state index is 0.